The summed E-state index contributed by atoms with van der Waals surface area (Å²) >= 11 is 0. The van der Waals surface area contributed by atoms with Gasteiger partial charge in [-0.25, -0.2) is 13.8 Å². The third-order valence-corrected chi connectivity index (χ3v) is 6.63. The zero-order valence-corrected chi connectivity index (χ0v) is 21.1. The Bertz CT molecular complexity index is 2040. The number of hydrogen-bond acceptors (Lipinski definition) is 5. The van der Waals surface area contributed by atoms with Gasteiger partial charge in [-0.2, -0.15) is 5.10 Å². The van der Waals surface area contributed by atoms with Crippen LogP contribution in [0.2, 0.25) is 0 Å². The van der Waals surface area contributed by atoms with Gasteiger partial charge in [0.05, 0.1) is 12.1 Å². The number of pyridine rings is 2. The Morgan fingerprint density at radius 1 is 1.00 bits per heavy atom. The first-order valence-electron chi connectivity index (χ1n) is 12.4. The van der Waals surface area contributed by atoms with Gasteiger partial charge in [0.2, 0.25) is 0 Å². The van der Waals surface area contributed by atoms with Crippen LogP contribution in [0.25, 0.3) is 33.1 Å². The highest BCUT2D eigenvalue weighted by Gasteiger charge is 2.20. The number of aliphatic carboxylic acids is 1. The molecule has 0 fully saturated rings. The smallest absolute Gasteiger partial charge is 0.325 e. The summed E-state index contributed by atoms with van der Waals surface area (Å²) in [5.41, 5.74) is 2.25. The van der Waals surface area contributed by atoms with Crippen LogP contribution in [0.4, 0.5) is 14.6 Å². The zero-order valence-electron chi connectivity index (χ0n) is 21.1. The van der Waals surface area contributed by atoms with Crippen molar-refractivity contribution < 1.29 is 23.5 Å². The molecule has 3 N–H and O–H groups in total. The Morgan fingerprint density at radius 3 is 2.66 bits per heavy atom. The minimum Gasteiger partial charge on any atom is -0.480 e. The van der Waals surface area contributed by atoms with E-state index in [9.17, 15) is 28.3 Å². The molecule has 4 heterocycles. The molecule has 0 aliphatic carbocycles. The van der Waals surface area contributed by atoms with Crippen LogP contribution in [-0.2, 0) is 17.9 Å². The number of aromatic nitrogens is 5. The largest absolute Gasteiger partial charge is 0.480 e. The van der Waals surface area contributed by atoms with Crippen molar-refractivity contribution in [3.63, 3.8) is 0 Å². The summed E-state index contributed by atoms with van der Waals surface area (Å²) in [5.74, 6) is -3.87. The average molecular weight is 555 g/mol. The van der Waals surface area contributed by atoms with Crippen molar-refractivity contribution in [1.29, 1.82) is 0 Å². The fourth-order valence-electron chi connectivity index (χ4n) is 4.73. The van der Waals surface area contributed by atoms with Crippen LogP contribution in [0.1, 0.15) is 15.9 Å². The maximum absolute atomic E-state index is 13.7. The van der Waals surface area contributed by atoms with Crippen LogP contribution >= 0.6 is 0 Å². The van der Waals surface area contributed by atoms with Gasteiger partial charge in [-0.15, -0.1) is 0 Å². The first kappa shape index (κ1) is 25.6. The lowest BCUT2D eigenvalue weighted by molar-refractivity contribution is -0.137. The molecule has 6 aromatic rings. The minimum atomic E-state index is -1.12. The topological polar surface area (TPSA) is 135 Å². The summed E-state index contributed by atoms with van der Waals surface area (Å²) in [6, 6.07) is 15.1. The van der Waals surface area contributed by atoms with E-state index in [-0.39, 0.29) is 17.9 Å². The number of nitrogens with one attached hydrogen (secondary N) is 2. The van der Waals surface area contributed by atoms with Crippen molar-refractivity contribution in [3.8, 4) is 11.1 Å². The van der Waals surface area contributed by atoms with Gasteiger partial charge >= 0.3 is 5.97 Å². The van der Waals surface area contributed by atoms with Gasteiger partial charge < -0.3 is 20.0 Å². The highest BCUT2D eigenvalue weighted by atomic mass is 19.2. The van der Waals surface area contributed by atoms with Crippen molar-refractivity contribution in [2.75, 3.05) is 5.32 Å². The standard InChI is InChI=1S/C29H20F2N6O4/c30-22-7-5-16(11-23(22)31)14-36-10-2-4-19(29(36)41)28(40)34-27-20-12-17(6-8-24(20)37(35-27)15-25(38)39)21-13-33-26-18(21)3-1-9-32-26/h1-13H,14-15H2,(H,32,33)(H,38,39)(H,34,35,40). The molecule has 0 saturated heterocycles. The van der Waals surface area contributed by atoms with Crippen molar-refractivity contribution in [2.45, 2.75) is 13.1 Å². The number of carbonyl (C=O) groups excluding carboxylic acids is 1. The maximum atomic E-state index is 13.7. The van der Waals surface area contributed by atoms with Crippen LogP contribution in [0.5, 0.6) is 0 Å². The van der Waals surface area contributed by atoms with E-state index in [0.717, 1.165) is 28.6 Å². The van der Waals surface area contributed by atoms with Crippen LogP contribution in [-0.4, -0.2) is 41.3 Å². The summed E-state index contributed by atoms with van der Waals surface area (Å²) in [6.07, 6.45) is 4.91. The van der Waals surface area contributed by atoms with E-state index in [1.54, 1.807) is 24.5 Å². The fraction of sp³-hybridized carbons (Fsp3) is 0.0690. The lowest BCUT2D eigenvalue weighted by atomic mass is 10.0. The SMILES string of the molecule is O=C(O)Cn1nc(NC(=O)c2cccn(Cc3ccc(F)c(F)c3)c2=O)c2cc(-c3c[nH]c4ncccc34)ccc21. The van der Waals surface area contributed by atoms with Crippen LogP contribution in [0.15, 0.2) is 84.0 Å². The number of carbonyl (C=O) groups is 2. The lowest BCUT2D eigenvalue weighted by Gasteiger charge is -2.09. The Kier molecular flexibility index (Phi) is 6.34. The average Bonchev–Trinajstić information content (AvgIpc) is 3.53. The van der Waals surface area contributed by atoms with Gasteiger partial charge in [0.1, 0.15) is 17.8 Å². The van der Waals surface area contributed by atoms with E-state index >= 15 is 0 Å². The van der Waals surface area contributed by atoms with E-state index < -0.39 is 35.6 Å². The van der Waals surface area contributed by atoms with Crippen molar-refractivity contribution in [3.05, 3.63) is 112 Å². The number of nitrogens with zero attached hydrogens (tertiary/aromatic N) is 4. The highest BCUT2D eigenvalue weighted by molar-refractivity contribution is 6.08. The Balaban J connectivity index is 1.37. The number of benzene rings is 2. The number of aromatic amines is 1. The number of rotatable bonds is 7. The summed E-state index contributed by atoms with van der Waals surface area (Å²) in [4.78, 5) is 45.3. The molecule has 6 rings (SSSR count). The first-order chi connectivity index (χ1) is 19.8. The van der Waals surface area contributed by atoms with Gasteiger partial charge in [-0.3, -0.25) is 19.1 Å². The number of carboxylic acids is 1. The molecule has 4 aromatic heterocycles. The monoisotopic (exact) mass is 554 g/mol. The van der Waals surface area contributed by atoms with Crippen molar-refractivity contribution in [2.24, 2.45) is 0 Å². The van der Waals surface area contributed by atoms with Crippen LogP contribution < -0.4 is 10.9 Å². The minimum absolute atomic E-state index is 0.0708. The van der Waals surface area contributed by atoms with Crippen molar-refractivity contribution >= 4 is 39.6 Å². The fourth-order valence-corrected chi connectivity index (χ4v) is 4.73. The lowest BCUT2D eigenvalue weighted by Crippen LogP contribution is -2.29. The molecule has 2 aromatic carbocycles. The molecule has 204 valence electrons. The summed E-state index contributed by atoms with van der Waals surface area (Å²) < 4.78 is 29.4. The highest BCUT2D eigenvalue weighted by Crippen LogP contribution is 2.32. The maximum Gasteiger partial charge on any atom is 0.325 e. The summed E-state index contributed by atoms with van der Waals surface area (Å²) in [7, 11) is 0. The number of amides is 1. The predicted molar refractivity (Wildman–Crippen MR) is 147 cm³/mol. The van der Waals surface area contributed by atoms with Crippen LogP contribution in [0, 0.1) is 11.6 Å². The van der Waals surface area contributed by atoms with E-state index in [0.29, 0.717) is 22.1 Å². The number of anilines is 1. The molecule has 0 radical (unpaired) electrons. The first-order valence-corrected chi connectivity index (χ1v) is 12.4. The van der Waals surface area contributed by atoms with Gasteiger partial charge in [-0.05, 0) is 59.7 Å². The molecule has 0 bridgehead atoms. The Hall–Kier alpha value is -5.65. The molecule has 41 heavy (non-hydrogen) atoms. The summed E-state index contributed by atoms with van der Waals surface area (Å²) in [5, 5.41) is 17.7. The molecule has 0 aliphatic rings. The van der Waals surface area contributed by atoms with Gasteiger partial charge in [0, 0.05) is 34.9 Å². The van der Waals surface area contributed by atoms with Gasteiger partial charge in [0.15, 0.2) is 17.5 Å². The molecule has 1 amide bonds. The van der Waals surface area contributed by atoms with E-state index in [4.69, 9.17) is 0 Å². The second-order valence-electron chi connectivity index (χ2n) is 9.29. The Morgan fingerprint density at radius 2 is 1.85 bits per heavy atom. The third-order valence-electron chi connectivity index (χ3n) is 6.63. The Labute approximate surface area is 229 Å². The molecule has 12 heteroatoms. The number of H-pyrrole nitrogens is 1. The van der Waals surface area contributed by atoms with E-state index in [2.05, 4.69) is 20.4 Å². The summed E-state index contributed by atoms with van der Waals surface area (Å²) in [6.45, 7) is -0.536. The number of hydrogen-bond donors (Lipinski definition) is 3. The molecule has 0 aliphatic heterocycles. The zero-order chi connectivity index (χ0) is 28.7. The second-order valence-corrected chi connectivity index (χ2v) is 9.29. The predicted octanol–water partition coefficient (Wildman–Crippen LogP) is 4.40. The molecular formula is C29H20F2N6O4. The van der Waals surface area contributed by atoms with Gasteiger partial charge in [0.25, 0.3) is 11.5 Å². The van der Waals surface area contributed by atoms with Crippen molar-refractivity contribution in [1.82, 2.24) is 24.3 Å². The molecule has 0 spiro atoms. The number of halogens is 2. The molecule has 0 atom stereocenters. The van der Waals surface area contributed by atoms with E-state index in [1.165, 1.54) is 33.6 Å². The molecule has 0 saturated carbocycles. The number of fused-ring (bicyclic) bond motifs is 2. The molecule has 10 nitrogen and oxygen atoms in total. The molecular weight excluding hydrogens is 534 g/mol. The number of carboxylic acid groups (broad SMARTS) is 1. The van der Waals surface area contributed by atoms with Gasteiger partial charge in [-0.1, -0.05) is 12.1 Å². The van der Waals surface area contributed by atoms with E-state index in [1.807, 2.05) is 18.2 Å². The normalized spacial score (nSPS) is 11.3. The quantitative estimate of drug-likeness (QED) is 0.268. The second kappa shape index (κ2) is 10.2. The third kappa shape index (κ3) is 4.82. The van der Waals surface area contributed by atoms with Crippen LogP contribution in [0.3, 0.4) is 0 Å². The molecule has 0 unspecified atom stereocenters.